The minimum absolute atomic E-state index is 0.0132. The predicted octanol–water partition coefficient (Wildman–Crippen LogP) is 1.43. The fourth-order valence-electron chi connectivity index (χ4n) is 3.41. The zero-order valence-electron chi connectivity index (χ0n) is 15.9. The topological polar surface area (TPSA) is 61.9 Å². The predicted molar refractivity (Wildman–Crippen MR) is 99.5 cm³/mol. The van der Waals surface area contributed by atoms with Crippen LogP contribution in [0.2, 0.25) is 0 Å². The van der Waals surface area contributed by atoms with Crippen LogP contribution in [0.5, 0.6) is 0 Å². The Hall–Kier alpha value is -1.92. The lowest BCUT2D eigenvalue weighted by Gasteiger charge is -2.44. The Morgan fingerprint density at radius 2 is 1.96 bits per heavy atom. The van der Waals surface area contributed by atoms with Gasteiger partial charge in [-0.3, -0.25) is 14.5 Å². The van der Waals surface area contributed by atoms with Gasteiger partial charge in [0.2, 0.25) is 11.8 Å². The minimum Gasteiger partial charge on any atom is -0.366 e. The molecule has 0 bridgehead atoms. The van der Waals surface area contributed by atoms with Crippen molar-refractivity contribution < 1.29 is 14.3 Å². The van der Waals surface area contributed by atoms with E-state index in [1.807, 2.05) is 40.1 Å². The lowest BCUT2D eigenvalue weighted by Crippen LogP contribution is -2.55. The molecular formula is C20H29N3O3. The third kappa shape index (κ3) is 4.62. The van der Waals surface area contributed by atoms with Crippen molar-refractivity contribution in [3.05, 3.63) is 35.9 Å². The molecule has 2 fully saturated rings. The number of hydrogen-bond donors (Lipinski definition) is 1. The molecule has 3 rings (SSSR count). The second-order valence-electron chi connectivity index (χ2n) is 8.25. The summed E-state index contributed by atoms with van der Waals surface area (Å²) in [5.41, 5.74) is 1.04. The van der Waals surface area contributed by atoms with E-state index in [2.05, 4.69) is 26.1 Å². The Balaban J connectivity index is 1.72. The molecule has 26 heavy (non-hydrogen) atoms. The molecule has 0 radical (unpaired) electrons. The first-order valence-corrected chi connectivity index (χ1v) is 9.30. The van der Waals surface area contributed by atoms with Gasteiger partial charge >= 0.3 is 0 Å². The molecule has 2 amide bonds. The van der Waals surface area contributed by atoms with Crippen LogP contribution in [-0.4, -0.2) is 67.0 Å². The van der Waals surface area contributed by atoms with Crippen LogP contribution in [-0.2, 0) is 14.3 Å². The highest BCUT2D eigenvalue weighted by atomic mass is 16.5. The normalized spacial score (nSPS) is 25.0. The molecule has 142 valence electrons. The van der Waals surface area contributed by atoms with Gasteiger partial charge in [0, 0.05) is 19.6 Å². The molecule has 2 saturated heterocycles. The average molecular weight is 359 g/mol. The average Bonchev–Trinajstić information content (AvgIpc) is 2.61. The summed E-state index contributed by atoms with van der Waals surface area (Å²) in [7, 11) is 0. The largest absolute Gasteiger partial charge is 0.366 e. The molecule has 0 aromatic heterocycles. The van der Waals surface area contributed by atoms with Gasteiger partial charge in [0.25, 0.3) is 0 Å². The Labute approximate surface area is 155 Å². The summed E-state index contributed by atoms with van der Waals surface area (Å²) >= 11 is 0. The van der Waals surface area contributed by atoms with Gasteiger partial charge in [-0.2, -0.15) is 0 Å². The van der Waals surface area contributed by atoms with Gasteiger partial charge in [0.15, 0.2) is 0 Å². The number of ether oxygens (including phenoxy) is 1. The van der Waals surface area contributed by atoms with Crippen LogP contribution in [0.1, 0.15) is 32.4 Å². The second-order valence-corrected chi connectivity index (χ2v) is 8.25. The van der Waals surface area contributed by atoms with Crippen molar-refractivity contribution in [2.75, 3.05) is 39.3 Å². The summed E-state index contributed by atoms with van der Waals surface area (Å²) in [4.78, 5) is 28.3. The first-order valence-electron chi connectivity index (χ1n) is 9.30. The number of carbonyl (C=O) groups is 2. The summed E-state index contributed by atoms with van der Waals surface area (Å²) in [6, 6.07) is 10.1. The highest BCUT2D eigenvalue weighted by Crippen LogP contribution is 2.33. The van der Waals surface area contributed by atoms with Gasteiger partial charge in [-0.05, 0) is 11.0 Å². The van der Waals surface area contributed by atoms with Gasteiger partial charge in [0.1, 0.15) is 6.10 Å². The fourth-order valence-corrected chi connectivity index (χ4v) is 3.41. The SMILES string of the molecule is CC(C)(C)[C@H]1CN(C(=O)CN2CCNC(=O)C2)C[C@@H](c2ccccc2)O1. The molecule has 2 heterocycles. The Morgan fingerprint density at radius 1 is 1.23 bits per heavy atom. The van der Waals surface area contributed by atoms with E-state index in [9.17, 15) is 9.59 Å². The van der Waals surface area contributed by atoms with Crippen LogP contribution in [0.25, 0.3) is 0 Å². The lowest BCUT2D eigenvalue weighted by atomic mass is 9.87. The summed E-state index contributed by atoms with van der Waals surface area (Å²) in [6.07, 6.45) is -0.155. The highest BCUT2D eigenvalue weighted by molar-refractivity contribution is 5.82. The first kappa shape index (κ1) is 18.9. The molecule has 0 aliphatic carbocycles. The van der Waals surface area contributed by atoms with E-state index in [0.29, 0.717) is 32.7 Å². The number of rotatable bonds is 3. The Morgan fingerprint density at radius 3 is 2.62 bits per heavy atom. The van der Waals surface area contributed by atoms with E-state index in [1.54, 1.807) is 0 Å². The zero-order valence-corrected chi connectivity index (χ0v) is 15.9. The van der Waals surface area contributed by atoms with Crippen LogP contribution in [0.3, 0.4) is 0 Å². The minimum atomic E-state index is -0.122. The number of benzene rings is 1. The fraction of sp³-hybridized carbons (Fsp3) is 0.600. The summed E-state index contributed by atoms with van der Waals surface area (Å²) in [5.74, 6) is 0.0546. The highest BCUT2D eigenvalue weighted by Gasteiger charge is 2.37. The second kappa shape index (κ2) is 7.76. The molecule has 0 unspecified atom stereocenters. The molecular weight excluding hydrogens is 330 g/mol. The molecule has 0 spiro atoms. The monoisotopic (exact) mass is 359 g/mol. The van der Waals surface area contributed by atoms with Crippen molar-refractivity contribution in [1.29, 1.82) is 0 Å². The maximum absolute atomic E-state index is 12.9. The van der Waals surface area contributed by atoms with Gasteiger partial charge in [0.05, 0.1) is 25.7 Å². The van der Waals surface area contributed by atoms with Crippen LogP contribution in [0, 0.1) is 5.41 Å². The van der Waals surface area contributed by atoms with Crippen molar-refractivity contribution in [1.82, 2.24) is 15.1 Å². The quantitative estimate of drug-likeness (QED) is 0.887. The van der Waals surface area contributed by atoms with Gasteiger partial charge in [-0.25, -0.2) is 0 Å². The van der Waals surface area contributed by atoms with Gasteiger partial charge < -0.3 is 15.0 Å². The van der Waals surface area contributed by atoms with Crippen LogP contribution < -0.4 is 5.32 Å². The maximum Gasteiger partial charge on any atom is 0.236 e. The van der Waals surface area contributed by atoms with E-state index in [0.717, 1.165) is 5.56 Å². The molecule has 6 heteroatoms. The van der Waals surface area contributed by atoms with Crippen molar-refractivity contribution in [3.8, 4) is 0 Å². The van der Waals surface area contributed by atoms with E-state index < -0.39 is 0 Å². The van der Waals surface area contributed by atoms with E-state index in [-0.39, 0.29) is 36.0 Å². The lowest BCUT2D eigenvalue weighted by molar-refractivity contribution is -0.158. The number of morpholine rings is 1. The zero-order chi connectivity index (χ0) is 18.7. The Kier molecular flexibility index (Phi) is 5.63. The Bertz CT molecular complexity index is 641. The first-order chi connectivity index (χ1) is 12.3. The standard InChI is InChI=1S/C20H29N3O3/c1-20(2,3)17-12-23(11-16(26-17)15-7-5-4-6-8-15)19(25)14-22-10-9-21-18(24)13-22/h4-8,16-17H,9-14H2,1-3H3,(H,21,24)/t16-,17+/m0/s1. The number of amides is 2. The molecule has 2 aliphatic heterocycles. The third-order valence-corrected chi connectivity index (χ3v) is 5.07. The molecule has 1 aromatic rings. The number of nitrogens with zero attached hydrogens (tertiary/aromatic N) is 2. The van der Waals surface area contributed by atoms with E-state index in [1.165, 1.54) is 0 Å². The maximum atomic E-state index is 12.9. The van der Waals surface area contributed by atoms with E-state index in [4.69, 9.17) is 4.74 Å². The number of carbonyl (C=O) groups excluding carboxylic acids is 2. The third-order valence-electron chi connectivity index (χ3n) is 5.07. The van der Waals surface area contributed by atoms with Crippen LogP contribution in [0.4, 0.5) is 0 Å². The summed E-state index contributed by atoms with van der Waals surface area (Å²) < 4.78 is 6.35. The smallest absolute Gasteiger partial charge is 0.236 e. The van der Waals surface area contributed by atoms with Crippen molar-refractivity contribution in [2.24, 2.45) is 5.41 Å². The summed E-state index contributed by atoms with van der Waals surface area (Å²) in [6.45, 7) is 9.46. The van der Waals surface area contributed by atoms with Crippen LogP contribution in [0.15, 0.2) is 30.3 Å². The number of nitrogens with one attached hydrogen (secondary N) is 1. The molecule has 6 nitrogen and oxygen atoms in total. The van der Waals surface area contributed by atoms with Crippen molar-refractivity contribution >= 4 is 11.8 Å². The molecule has 0 saturated carbocycles. The molecule has 2 atom stereocenters. The van der Waals surface area contributed by atoms with E-state index >= 15 is 0 Å². The summed E-state index contributed by atoms with van der Waals surface area (Å²) in [5, 5.41) is 2.79. The molecule has 2 aliphatic rings. The van der Waals surface area contributed by atoms with Crippen molar-refractivity contribution in [3.63, 3.8) is 0 Å². The van der Waals surface area contributed by atoms with Crippen LogP contribution >= 0.6 is 0 Å². The molecule has 1 aromatic carbocycles. The van der Waals surface area contributed by atoms with Gasteiger partial charge in [-0.15, -0.1) is 0 Å². The molecule has 1 N–H and O–H groups in total. The van der Waals surface area contributed by atoms with Crippen molar-refractivity contribution in [2.45, 2.75) is 33.0 Å². The number of piperazine rings is 1. The van der Waals surface area contributed by atoms with Gasteiger partial charge in [-0.1, -0.05) is 51.1 Å². The number of hydrogen-bond acceptors (Lipinski definition) is 4.